The van der Waals surface area contributed by atoms with Crippen molar-refractivity contribution in [2.24, 2.45) is 0 Å². The van der Waals surface area contributed by atoms with Crippen LogP contribution >= 0.6 is 15.9 Å². The van der Waals surface area contributed by atoms with Crippen LogP contribution in [0.2, 0.25) is 0 Å². The molecule has 0 aliphatic heterocycles. The third-order valence-electron chi connectivity index (χ3n) is 4.20. The third kappa shape index (κ3) is 4.40. The largest absolute Gasteiger partial charge is 0.404 e. The Labute approximate surface area is 164 Å². The molecule has 0 bridgehead atoms. The van der Waals surface area contributed by atoms with E-state index in [2.05, 4.69) is 26.3 Å². The molecule has 0 unspecified atom stereocenters. The summed E-state index contributed by atoms with van der Waals surface area (Å²) in [6.45, 7) is 4.38. The number of benzene rings is 2. The Hall–Kier alpha value is -3.00. The van der Waals surface area contributed by atoms with Crippen molar-refractivity contribution in [3.63, 3.8) is 0 Å². The van der Waals surface area contributed by atoms with Crippen molar-refractivity contribution in [1.29, 1.82) is 0 Å². The smallest absolute Gasteiger partial charge is 0.358 e. The molecule has 1 amide bonds. The van der Waals surface area contributed by atoms with Crippen LogP contribution in [0.1, 0.15) is 27.0 Å². The molecular weight excluding hydrogens is 412 g/mol. The van der Waals surface area contributed by atoms with E-state index in [-0.39, 0.29) is 11.7 Å². The zero-order chi connectivity index (χ0) is 19.6. The molecule has 2 aromatic carbocycles. The molecule has 27 heavy (non-hydrogen) atoms. The van der Waals surface area contributed by atoms with Crippen LogP contribution in [0.3, 0.4) is 0 Å². The molecule has 138 valence electrons. The number of halogens is 1. The predicted molar refractivity (Wildman–Crippen MR) is 106 cm³/mol. The number of aromatic nitrogens is 2. The lowest BCUT2D eigenvalue weighted by Crippen LogP contribution is -2.12. The first-order valence-corrected chi connectivity index (χ1v) is 8.97. The van der Waals surface area contributed by atoms with Crippen LogP contribution in [0.5, 0.6) is 0 Å². The van der Waals surface area contributed by atoms with Gasteiger partial charge in [0.25, 0.3) is 5.91 Å². The number of amides is 1. The van der Waals surface area contributed by atoms with E-state index in [0.717, 1.165) is 16.8 Å². The number of hydrogen-bond donors (Lipinski definition) is 1. The van der Waals surface area contributed by atoms with Crippen LogP contribution in [-0.4, -0.2) is 20.6 Å². The number of aryl methyl sites for hydroxylation is 2. The lowest BCUT2D eigenvalue weighted by molar-refractivity contribution is -0.390. The Morgan fingerprint density at radius 2 is 1.89 bits per heavy atom. The van der Waals surface area contributed by atoms with Crippen LogP contribution in [0.25, 0.3) is 0 Å². The second-order valence-corrected chi connectivity index (χ2v) is 7.06. The number of carbonyl (C=O) groups is 1. The average Bonchev–Trinajstić information content (AvgIpc) is 2.99. The molecule has 8 heteroatoms. The summed E-state index contributed by atoms with van der Waals surface area (Å²) in [6.07, 6.45) is 1.55. The zero-order valence-electron chi connectivity index (χ0n) is 14.8. The standard InChI is InChI=1S/C19H17BrN4O3/c1-12-3-8-16(9-13(12)2)21-19(25)15-6-4-14(5-7-15)10-23-11-17(20)18(22-23)24(26)27/h3-9,11H,10H2,1-2H3,(H,21,25). The highest BCUT2D eigenvalue weighted by molar-refractivity contribution is 9.10. The van der Waals surface area contributed by atoms with E-state index in [4.69, 9.17) is 0 Å². The SMILES string of the molecule is Cc1ccc(NC(=O)c2ccc(Cn3cc(Br)c([N+](=O)[O-])n3)cc2)cc1C. The van der Waals surface area contributed by atoms with E-state index in [1.54, 1.807) is 30.5 Å². The minimum atomic E-state index is -0.541. The summed E-state index contributed by atoms with van der Waals surface area (Å²) in [6, 6.07) is 12.8. The maximum absolute atomic E-state index is 12.4. The van der Waals surface area contributed by atoms with Gasteiger partial charge in [-0.1, -0.05) is 18.2 Å². The molecule has 0 fully saturated rings. The number of anilines is 1. The fourth-order valence-electron chi connectivity index (χ4n) is 2.56. The molecular formula is C19H17BrN4O3. The van der Waals surface area contributed by atoms with Crippen molar-refractivity contribution < 1.29 is 9.72 Å². The van der Waals surface area contributed by atoms with Crippen LogP contribution < -0.4 is 5.32 Å². The van der Waals surface area contributed by atoms with E-state index in [0.29, 0.717) is 16.6 Å². The van der Waals surface area contributed by atoms with Gasteiger partial charge in [0, 0.05) is 11.3 Å². The summed E-state index contributed by atoms with van der Waals surface area (Å²) >= 11 is 3.12. The summed E-state index contributed by atoms with van der Waals surface area (Å²) in [5.74, 6) is -0.415. The number of nitrogens with one attached hydrogen (secondary N) is 1. The normalized spacial score (nSPS) is 10.6. The summed E-state index contributed by atoms with van der Waals surface area (Å²) in [5.41, 5.74) is 4.44. The molecule has 3 rings (SSSR count). The van der Waals surface area contributed by atoms with Gasteiger partial charge in [-0.3, -0.25) is 4.79 Å². The van der Waals surface area contributed by atoms with Crippen LogP contribution in [0, 0.1) is 24.0 Å². The van der Waals surface area contributed by atoms with Crippen molar-refractivity contribution in [3.8, 4) is 0 Å². The maximum Gasteiger partial charge on any atom is 0.404 e. The van der Waals surface area contributed by atoms with Gasteiger partial charge in [0.1, 0.15) is 4.47 Å². The highest BCUT2D eigenvalue weighted by atomic mass is 79.9. The molecule has 0 atom stereocenters. The lowest BCUT2D eigenvalue weighted by Gasteiger charge is -2.08. The van der Waals surface area contributed by atoms with Gasteiger partial charge < -0.3 is 15.4 Å². The number of nitrogens with zero attached hydrogens (tertiary/aromatic N) is 3. The first kappa shape index (κ1) is 18.8. The Bertz CT molecular complexity index is 1010. The summed E-state index contributed by atoms with van der Waals surface area (Å²) in [4.78, 5) is 22.7. The van der Waals surface area contributed by atoms with E-state index in [9.17, 15) is 14.9 Å². The van der Waals surface area contributed by atoms with Gasteiger partial charge in [0.15, 0.2) is 0 Å². The van der Waals surface area contributed by atoms with Crippen molar-refractivity contribution in [1.82, 2.24) is 9.78 Å². The number of carbonyl (C=O) groups excluding carboxylic acids is 1. The van der Waals surface area contributed by atoms with E-state index < -0.39 is 4.92 Å². The topological polar surface area (TPSA) is 90.1 Å². The summed E-state index contributed by atoms with van der Waals surface area (Å²) in [7, 11) is 0. The molecule has 1 aromatic heterocycles. The van der Waals surface area contributed by atoms with Crippen LogP contribution in [-0.2, 0) is 6.54 Å². The fraction of sp³-hybridized carbons (Fsp3) is 0.158. The first-order valence-electron chi connectivity index (χ1n) is 8.18. The van der Waals surface area contributed by atoms with Crippen molar-refractivity contribution in [3.05, 3.63) is 85.5 Å². The molecule has 0 saturated carbocycles. The van der Waals surface area contributed by atoms with E-state index in [1.165, 1.54) is 10.2 Å². The van der Waals surface area contributed by atoms with E-state index in [1.807, 2.05) is 32.0 Å². The van der Waals surface area contributed by atoms with Crippen LogP contribution in [0.4, 0.5) is 11.5 Å². The minimum absolute atomic E-state index is 0.192. The predicted octanol–water partition coefficient (Wildman–Crippen LogP) is 4.47. The van der Waals surface area contributed by atoms with Crippen LogP contribution in [0.15, 0.2) is 53.1 Å². The van der Waals surface area contributed by atoms with E-state index >= 15 is 0 Å². The second-order valence-electron chi connectivity index (χ2n) is 6.21. The van der Waals surface area contributed by atoms with Crippen molar-refractivity contribution in [2.75, 3.05) is 5.32 Å². The maximum atomic E-state index is 12.4. The minimum Gasteiger partial charge on any atom is -0.358 e. The van der Waals surface area contributed by atoms with Crippen molar-refractivity contribution >= 4 is 33.3 Å². The van der Waals surface area contributed by atoms with Gasteiger partial charge in [-0.2, -0.15) is 4.68 Å². The van der Waals surface area contributed by atoms with Gasteiger partial charge in [0.05, 0.1) is 17.8 Å². The molecule has 0 spiro atoms. The van der Waals surface area contributed by atoms with Gasteiger partial charge in [-0.05, 0) is 75.7 Å². The monoisotopic (exact) mass is 428 g/mol. The van der Waals surface area contributed by atoms with Gasteiger partial charge >= 0.3 is 5.82 Å². The number of rotatable bonds is 5. The molecule has 3 aromatic rings. The Kier molecular flexibility index (Phi) is 5.36. The first-order chi connectivity index (χ1) is 12.8. The fourth-order valence-corrected chi connectivity index (χ4v) is 3.02. The molecule has 0 aliphatic rings. The molecule has 0 saturated heterocycles. The van der Waals surface area contributed by atoms with Gasteiger partial charge in [-0.25, -0.2) is 0 Å². The van der Waals surface area contributed by atoms with Gasteiger partial charge in [0.2, 0.25) is 0 Å². The van der Waals surface area contributed by atoms with Gasteiger partial charge in [-0.15, -0.1) is 0 Å². The summed E-state index contributed by atoms with van der Waals surface area (Å²) < 4.78 is 1.81. The second kappa shape index (κ2) is 7.71. The molecule has 1 N–H and O–H groups in total. The highest BCUT2D eigenvalue weighted by Crippen LogP contribution is 2.22. The highest BCUT2D eigenvalue weighted by Gasteiger charge is 2.18. The molecule has 1 heterocycles. The molecule has 7 nitrogen and oxygen atoms in total. The summed E-state index contributed by atoms with van der Waals surface area (Å²) in [5, 5.41) is 17.7. The Balaban J connectivity index is 1.69. The Morgan fingerprint density at radius 1 is 1.19 bits per heavy atom. The molecule has 0 radical (unpaired) electrons. The lowest BCUT2D eigenvalue weighted by atomic mass is 10.1. The Morgan fingerprint density at radius 3 is 2.48 bits per heavy atom. The zero-order valence-corrected chi connectivity index (χ0v) is 16.4. The van der Waals surface area contributed by atoms with Crippen molar-refractivity contribution in [2.45, 2.75) is 20.4 Å². The quantitative estimate of drug-likeness (QED) is 0.479. The molecule has 0 aliphatic carbocycles. The number of hydrogen-bond acceptors (Lipinski definition) is 4. The third-order valence-corrected chi connectivity index (χ3v) is 4.76. The number of nitro groups is 1. The average molecular weight is 429 g/mol.